The minimum atomic E-state index is -0.0629. The van der Waals surface area contributed by atoms with Crippen molar-refractivity contribution in [3.8, 4) is 0 Å². The second-order valence-electron chi connectivity index (χ2n) is 20.4. The van der Waals surface area contributed by atoms with E-state index in [0.29, 0.717) is 26.3 Å². The molecule has 2 atom stereocenters. The molecule has 0 aromatic heterocycles. The average molecular weight is 949 g/mol. The molecule has 0 aliphatic carbocycles. The molecule has 396 valence electrons. The molecule has 1 aliphatic heterocycles. The normalized spacial score (nSPS) is 14.0. The summed E-state index contributed by atoms with van der Waals surface area (Å²) in [4.78, 5) is 43.6. The molecule has 1 rings (SSSR count). The number of nitrogens with zero attached hydrogens (tertiary/aromatic N) is 2. The van der Waals surface area contributed by atoms with Crippen molar-refractivity contribution in [1.82, 2.24) is 25.8 Å². The third-order valence-corrected chi connectivity index (χ3v) is 14.2. The largest absolute Gasteiger partial charge is 0.465 e. The molecule has 2 unspecified atom stereocenters. The van der Waals surface area contributed by atoms with E-state index in [1.807, 2.05) is 0 Å². The van der Waals surface area contributed by atoms with Gasteiger partial charge in [-0.2, -0.15) is 0 Å². The highest BCUT2D eigenvalue weighted by atomic mass is 16.5. The first kappa shape index (κ1) is 63.1. The number of piperazine rings is 1. The third-order valence-electron chi connectivity index (χ3n) is 14.2. The smallest absolute Gasteiger partial charge is 0.314 e. The van der Waals surface area contributed by atoms with Crippen LogP contribution in [0.15, 0.2) is 0 Å². The highest BCUT2D eigenvalue weighted by molar-refractivity contribution is 5.74. The highest BCUT2D eigenvalue weighted by Crippen LogP contribution is 2.22. The molecule has 1 fully saturated rings. The van der Waals surface area contributed by atoms with Crippen LogP contribution in [0.5, 0.6) is 0 Å². The van der Waals surface area contributed by atoms with Crippen molar-refractivity contribution >= 4 is 18.0 Å². The van der Waals surface area contributed by atoms with Gasteiger partial charge in [0.1, 0.15) is 0 Å². The molecular weight excluding hydrogens is 835 g/mol. The predicted molar refractivity (Wildman–Crippen MR) is 285 cm³/mol. The number of carbonyl (C=O) groups is 3. The quantitative estimate of drug-likeness (QED) is 0.0408. The summed E-state index contributed by atoms with van der Waals surface area (Å²) in [7, 11) is 0. The zero-order valence-corrected chi connectivity index (χ0v) is 45.0. The minimum Gasteiger partial charge on any atom is -0.465 e. The Morgan fingerprint density at radius 1 is 0.448 bits per heavy atom. The molecule has 0 spiro atoms. The van der Waals surface area contributed by atoms with E-state index >= 15 is 0 Å². The van der Waals surface area contributed by atoms with Gasteiger partial charge in [-0.15, -0.1) is 0 Å². The van der Waals surface area contributed by atoms with E-state index in [0.717, 1.165) is 129 Å². The maximum atomic E-state index is 13.0. The van der Waals surface area contributed by atoms with E-state index < -0.39 is 0 Å². The van der Waals surface area contributed by atoms with Gasteiger partial charge in [-0.1, -0.05) is 207 Å². The Labute approximate surface area is 415 Å². The van der Waals surface area contributed by atoms with Crippen LogP contribution in [0.25, 0.3) is 0 Å². The predicted octanol–water partition coefficient (Wildman–Crippen LogP) is 13.9. The summed E-state index contributed by atoms with van der Waals surface area (Å²) < 4.78 is 11.7. The zero-order valence-electron chi connectivity index (χ0n) is 45.0. The number of unbranched alkanes of at least 4 members (excludes halogenated alkanes) is 26. The SMILES string of the molecule is CCCCCCCCC(CCCCCC)C(=O)OCCCCCCCCN(CCCCCCCCOC(=O)C(CCCCCC)CCCCCCCC)CCNC(=O)NCCN1CCNCC1. The van der Waals surface area contributed by atoms with Crippen molar-refractivity contribution in [2.24, 2.45) is 11.8 Å². The van der Waals surface area contributed by atoms with Crippen LogP contribution in [0.3, 0.4) is 0 Å². The third kappa shape index (κ3) is 40.5. The lowest BCUT2D eigenvalue weighted by Crippen LogP contribution is -2.47. The van der Waals surface area contributed by atoms with Crippen LogP contribution >= 0.6 is 0 Å². The summed E-state index contributed by atoms with van der Waals surface area (Å²) in [6.07, 6.45) is 42.5. The number of urea groups is 1. The van der Waals surface area contributed by atoms with Gasteiger partial charge in [0.25, 0.3) is 0 Å². The van der Waals surface area contributed by atoms with Crippen LogP contribution in [0, 0.1) is 11.8 Å². The van der Waals surface area contributed by atoms with Gasteiger partial charge >= 0.3 is 18.0 Å². The molecule has 0 saturated carbocycles. The molecule has 1 aliphatic rings. The van der Waals surface area contributed by atoms with Crippen molar-refractivity contribution in [1.29, 1.82) is 0 Å². The molecule has 0 aromatic rings. The number of carbonyl (C=O) groups excluding carboxylic acids is 3. The Hall–Kier alpha value is -1.91. The first-order chi connectivity index (χ1) is 32.9. The van der Waals surface area contributed by atoms with Gasteiger partial charge in [0.05, 0.1) is 25.0 Å². The molecule has 0 bridgehead atoms. The fourth-order valence-electron chi connectivity index (χ4n) is 9.60. The van der Waals surface area contributed by atoms with Gasteiger partial charge < -0.3 is 30.3 Å². The van der Waals surface area contributed by atoms with Crippen LogP contribution < -0.4 is 16.0 Å². The Morgan fingerprint density at radius 3 is 1.21 bits per heavy atom. The van der Waals surface area contributed by atoms with Crippen molar-refractivity contribution in [2.75, 3.05) is 78.7 Å². The summed E-state index contributed by atoms with van der Waals surface area (Å²) in [5.41, 5.74) is 0. The topological polar surface area (TPSA) is 112 Å². The Kier molecular flexibility index (Phi) is 46.2. The molecule has 1 saturated heterocycles. The zero-order chi connectivity index (χ0) is 48.5. The summed E-state index contributed by atoms with van der Waals surface area (Å²) >= 11 is 0. The van der Waals surface area contributed by atoms with E-state index in [1.165, 1.54) is 154 Å². The summed E-state index contributed by atoms with van der Waals surface area (Å²) in [6, 6.07) is -0.0629. The molecule has 1 heterocycles. The number of ether oxygens (including phenoxy) is 2. The minimum absolute atomic E-state index is 0.0561. The maximum absolute atomic E-state index is 13.0. The molecule has 10 heteroatoms. The number of rotatable bonds is 50. The molecule has 10 nitrogen and oxygen atoms in total. The standard InChI is InChI=1S/C57H113N5O5/c1-5-9-13-17-23-31-39-53(37-29-15-11-7-3)55(63)66-51-35-27-21-19-25-33-45-61(49-43-59-57(65)60-44-50-62-47-41-58-42-48-62)46-34-26-20-22-28-36-52-67-56(64)54(38-30-16-12-8-4)40-32-24-18-14-10-6-2/h53-54,58H,5-52H2,1-4H3,(H2,59,60,65). The number of esters is 2. The number of nitrogens with one attached hydrogen (secondary N) is 3. The van der Waals surface area contributed by atoms with Crippen LogP contribution in [0.4, 0.5) is 4.79 Å². The van der Waals surface area contributed by atoms with E-state index in [2.05, 4.69) is 53.4 Å². The van der Waals surface area contributed by atoms with E-state index in [4.69, 9.17) is 9.47 Å². The molecular formula is C57H113N5O5. The number of hydrogen-bond donors (Lipinski definition) is 3. The first-order valence-electron chi connectivity index (χ1n) is 29.4. The molecule has 67 heavy (non-hydrogen) atoms. The van der Waals surface area contributed by atoms with Crippen LogP contribution in [-0.4, -0.2) is 106 Å². The van der Waals surface area contributed by atoms with Gasteiger partial charge in [0.15, 0.2) is 0 Å². The van der Waals surface area contributed by atoms with Crippen molar-refractivity contribution < 1.29 is 23.9 Å². The van der Waals surface area contributed by atoms with E-state index in [9.17, 15) is 14.4 Å². The second kappa shape index (κ2) is 49.1. The van der Waals surface area contributed by atoms with E-state index in [-0.39, 0.29) is 29.8 Å². The van der Waals surface area contributed by atoms with Gasteiger partial charge in [-0.05, 0) is 64.5 Å². The van der Waals surface area contributed by atoms with Crippen molar-refractivity contribution in [3.05, 3.63) is 0 Å². The summed E-state index contributed by atoms with van der Waals surface area (Å²) in [5.74, 6) is 0.285. The highest BCUT2D eigenvalue weighted by Gasteiger charge is 2.21. The second-order valence-corrected chi connectivity index (χ2v) is 20.4. The van der Waals surface area contributed by atoms with Crippen molar-refractivity contribution in [2.45, 2.75) is 259 Å². The fraction of sp³-hybridized carbons (Fsp3) is 0.947. The first-order valence-corrected chi connectivity index (χ1v) is 29.4. The lowest BCUT2D eigenvalue weighted by Gasteiger charge is -2.27. The van der Waals surface area contributed by atoms with Gasteiger partial charge in [-0.25, -0.2) is 4.79 Å². The lowest BCUT2D eigenvalue weighted by molar-refractivity contribution is -0.150. The number of amides is 2. The molecule has 0 radical (unpaired) electrons. The molecule has 3 N–H and O–H groups in total. The number of hydrogen-bond acceptors (Lipinski definition) is 8. The fourth-order valence-corrected chi connectivity index (χ4v) is 9.60. The van der Waals surface area contributed by atoms with Gasteiger partial charge in [0, 0.05) is 52.4 Å². The van der Waals surface area contributed by atoms with Gasteiger partial charge in [-0.3, -0.25) is 14.5 Å². The van der Waals surface area contributed by atoms with Crippen LogP contribution in [0.1, 0.15) is 259 Å². The van der Waals surface area contributed by atoms with Crippen LogP contribution in [-0.2, 0) is 19.1 Å². The van der Waals surface area contributed by atoms with E-state index in [1.54, 1.807) is 0 Å². The average Bonchev–Trinajstić information content (AvgIpc) is 3.33. The lowest BCUT2D eigenvalue weighted by atomic mass is 9.94. The van der Waals surface area contributed by atoms with Gasteiger partial charge in [0.2, 0.25) is 0 Å². The molecule has 0 aromatic carbocycles. The summed E-state index contributed by atoms with van der Waals surface area (Å²) in [5, 5.41) is 9.56. The Bertz CT molecular complexity index is 1030. The maximum Gasteiger partial charge on any atom is 0.314 e. The van der Waals surface area contributed by atoms with Crippen molar-refractivity contribution in [3.63, 3.8) is 0 Å². The monoisotopic (exact) mass is 948 g/mol. The Balaban J connectivity index is 2.40. The van der Waals surface area contributed by atoms with Crippen LogP contribution in [0.2, 0.25) is 0 Å². The summed E-state index contributed by atoms with van der Waals surface area (Å²) in [6.45, 7) is 19.5. The Morgan fingerprint density at radius 2 is 0.791 bits per heavy atom. The molecule has 2 amide bonds.